The van der Waals surface area contributed by atoms with Crippen molar-refractivity contribution in [2.75, 3.05) is 13.2 Å². The third-order valence-corrected chi connectivity index (χ3v) is 5.04. The van der Waals surface area contributed by atoms with Crippen molar-refractivity contribution in [3.63, 3.8) is 0 Å². The average Bonchev–Trinajstić information content (AvgIpc) is 2.82. The molecule has 2 rings (SSSR count). The summed E-state index contributed by atoms with van der Waals surface area (Å²) in [6.07, 6.45) is -2.75. The van der Waals surface area contributed by atoms with Crippen LogP contribution in [0.4, 0.5) is 17.6 Å². The minimum absolute atomic E-state index is 0.148. The number of alkyl halides is 3. The first-order chi connectivity index (χ1) is 12.9. The lowest BCUT2D eigenvalue weighted by atomic mass is 9.81. The molecule has 0 saturated carbocycles. The Labute approximate surface area is 163 Å². The summed E-state index contributed by atoms with van der Waals surface area (Å²) in [6, 6.07) is 4.35. The van der Waals surface area contributed by atoms with Crippen molar-refractivity contribution in [1.29, 1.82) is 0 Å². The first-order valence-electron chi connectivity index (χ1n) is 8.99. The van der Waals surface area contributed by atoms with E-state index in [1.54, 1.807) is 33.8 Å². The van der Waals surface area contributed by atoms with Gasteiger partial charge in [-0.05, 0) is 57.4 Å². The molecule has 1 saturated heterocycles. The van der Waals surface area contributed by atoms with Gasteiger partial charge in [0.05, 0.1) is 30.0 Å². The molecule has 28 heavy (non-hydrogen) atoms. The van der Waals surface area contributed by atoms with E-state index in [9.17, 15) is 13.2 Å². The third-order valence-electron chi connectivity index (χ3n) is 5.04. The number of halogens is 4. The van der Waals surface area contributed by atoms with Gasteiger partial charge in [0, 0.05) is 0 Å². The second kappa shape index (κ2) is 8.39. The van der Waals surface area contributed by atoms with Crippen LogP contribution in [0.25, 0.3) is 5.57 Å². The summed E-state index contributed by atoms with van der Waals surface area (Å²) < 4.78 is 70.6. The fraction of sp³-hybridized carbons (Fsp3) is 0.500. The minimum atomic E-state index is -4.46. The molecule has 0 radical (unpaired) electrons. The Hall–Kier alpha value is -1.64. The SMILES string of the molecule is C=CCOCCC(=C(F)B1OC(C)(C)C(C)(C)O1)c1ccc(C(F)(F)F)cc1. The molecule has 0 aliphatic carbocycles. The van der Waals surface area contributed by atoms with Crippen LogP contribution in [-0.4, -0.2) is 31.5 Å². The maximum absolute atomic E-state index is 15.3. The smallest absolute Gasteiger partial charge is 0.398 e. The van der Waals surface area contributed by atoms with Crippen LogP contribution in [0.15, 0.2) is 42.6 Å². The summed E-state index contributed by atoms with van der Waals surface area (Å²) in [4.78, 5) is 0. The summed E-state index contributed by atoms with van der Waals surface area (Å²) in [5, 5.41) is 0. The molecule has 1 aromatic rings. The van der Waals surface area contributed by atoms with E-state index in [-0.39, 0.29) is 18.6 Å². The Morgan fingerprint density at radius 3 is 2.11 bits per heavy atom. The van der Waals surface area contributed by atoms with Gasteiger partial charge in [-0.3, -0.25) is 0 Å². The van der Waals surface area contributed by atoms with Crippen molar-refractivity contribution in [3.05, 3.63) is 53.8 Å². The van der Waals surface area contributed by atoms with Crippen LogP contribution in [0.2, 0.25) is 0 Å². The largest absolute Gasteiger partial charge is 0.525 e. The van der Waals surface area contributed by atoms with E-state index in [4.69, 9.17) is 14.0 Å². The van der Waals surface area contributed by atoms with Gasteiger partial charge in [-0.2, -0.15) is 13.2 Å². The summed E-state index contributed by atoms with van der Waals surface area (Å²) in [5.74, 6) is 0. The highest BCUT2D eigenvalue weighted by Crippen LogP contribution is 2.41. The molecule has 8 heteroatoms. The van der Waals surface area contributed by atoms with E-state index < -0.39 is 35.8 Å². The van der Waals surface area contributed by atoms with E-state index >= 15 is 4.39 Å². The van der Waals surface area contributed by atoms with E-state index in [0.717, 1.165) is 12.1 Å². The maximum Gasteiger partial charge on any atom is 0.525 e. The summed E-state index contributed by atoms with van der Waals surface area (Å²) in [6.45, 7) is 11.2. The number of ether oxygens (including phenoxy) is 1. The van der Waals surface area contributed by atoms with Crippen LogP contribution in [-0.2, 0) is 20.2 Å². The Bertz CT molecular complexity index is 708. The van der Waals surface area contributed by atoms with Crippen LogP contribution in [0.5, 0.6) is 0 Å². The highest BCUT2D eigenvalue weighted by Gasteiger charge is 2.53. The van der Waals surface area contributed by atoms with E-state index in [1.807, 2.05) is 0 Å². The topological polar surface area (TPSA) is 27.7 Å². The van der Waals surface area contributed by atoms with Gasteiger partial charge < -0.3 is 14.0 Å². The second-order valence-corrected chi connectivity index (χ2v) is 7.60. The van der Waals surface area contributed by atoms with Gasteiger partial charge in [0.25, 0.3) is 0 Å². The van der Waals surface area contributed by atoms with Crippen LogP contribution < -0.4 is 0 Å². The molecule has 1 aliphatic rings. The van der Waals surface area contributed by atoms with Crippen LogP contribution in [0.1, 0.15) is 45.2 Å². The second-order valence-electron chi connectivity index (χ2n) is 7.60. The molecule has 0 atom stereocenters. The molecule has 1 aliphatic heterocycles. The predicted octanol–water partition coefficient (Wildman–Crippen LogP) is 5.61. The zero-order chi connectivity index (χ0) is 21.2. The quantitative estimate of drug-likeness (QED) is 0.258. The minimum Gasteiger partial charge on any atom is -0.398 e. The van der Waals surface area contributed by atoms with Crippen LogP contribution in [0.3, 0.4) is 0 Å². The van der Waals surface area contributed by atoms with Gasteiger partial charge >= 0.3 is 13.3 Å². The third kappa shape index (κ3) is 5.04. The first kappa shape index (κ1) is 22.7. The lowest BCUT2D eigenvalue weighted by Gasteiger charge is -2.32. The summed E-state index contributed by atoms with van der Waals surface area (Å²) in [7, 11) is -1.23. The number of hydrogen-bond donors (Lipinski definition) is 0. The van der Waals surface area contributed by atoms with Crippen LogP contribution in [0, 0.1) is 0 Å². The Morgan fingerprint density at radius 1 is 1.11 bits per heavy atom. The van der Waals surface area contributed by atoms with Crippen LogP contribution >= 0.6 is 0 Å². The Kier molecular flexibility index (Phi) is 6.79. The van der Waals surface area contributed by atoms with Gasteiger partial charge in [-0.25, -0.2) is 4.39 Å². The van der Waals surface area contributed by atoms with Gasteiger partial charge in [0.2, 0.25) is 0 Å². The van der Waals surface area contributed by atoms with Crippen molar-refractivity contribution in [3.8, 4) is 0 Å². The van der Waals surface area contributed by atoms with Crippen molar-refractivity contribution in [1.82, 2.24) is 0 Å². The highest BCUT2D eigenvalue weighted by atomic mass is 19.4. The molecule has 0 aromatic heterocycles. The molecule has 0 bridgehead atoms. The van der Waals surface area contributed by atoms with Gasteiger partial charge in [-0.15, -0.1) is 6.58 Å². The molecular weight excluding hydrogens is 375 g/mol. The van der Waals surface area contributed by atoms with Crippen molar-refractivity contribution < 1.29 is 31.6 Å². The molecule has 1 fully saturated rings. The summed E-state index contributed by atoms with van der Waals surface area (Å²) >= 11 is 0. The normalized spacial score (nSPS) is 19.5. The molecule has 0 amide bonds. The zero-order valence-corrected chi connectivity index (χ0v) is 16.5. The average molecular weight is 400 g/mol. The van der Waals surface area contributed by atoms with E-state index in [1.165, 1.54) is 12.1 Å². The van der Waals surface area contributed by atoms with Gasteiger partial charge in [0.1, 0.15) is 5.73 Å². The first-order valence-corrected chi connectivity index (χ1v) is 8.99. The van der Waals surface area contributed by atoms with E-state index in [0.29, 0.717) is 12.2 Å². The number of hydrogen-bond acceptors (Lipinski definition) is 3. The standard InChI is InChI=1S/C20H25BF4O3/c1-6-12-26-13-11-16(14-7-9-15(10-8-14)20(23,24)25)17(22)21-27-18(2,3)19(4,5)28-21/h6-10H,1,11-13H2,2-5H3. The molecule has 0 spiro atoms. The lowest BCUT2D eigenvalue weighted by molar-refractivity contribution is -0.137. The van der Waals surface area contributed by atoms with Crippen molar-refractivity contribution in [2.24, 2.45) is 0 Å². The lowest BCUT2D eigenvalue weighted by Crippen LogP contribution is -2.41. The molecule has 0 unspecified atom stereocenters. The molecule has 154 valence electrons. The fourth-order valence-electron chi connectivity index (χ4n) is 2.69. The molecule has 1 aromatic carbocycles. The highest BCUT2D eigenvalue weighted by molar-refractivity contribution is 6.55. The maximum atomic E-state index is 15.3. The molecule has 3 nitrogen and oxygen atoms in total. The number of benzene rings is 1. The zero-order valence-electron chi connectivity index (χ0n) is 16.5. The predicted molar refractivity (Wildman–Crippen MR) is 101 cm³/mol. The fourth-order valence-corrected chi connectivity index (χ4v) is 2.69. The molecule has 1 heterocycles. The van der Waals surface area contributed by atoms with E-state index in [2.05, 4.69) is 6.58 Å². The van der Waals surface area contributed by atoms with Gasteiger partial charge in [0.15, 0.2) is 0 Å². The molecular formula is C20H25BF4O3. The summed E-state index contributed by atoms with van der Waals surface area (Å²) in [5.41, 5.74) is -2.42. The monoisotopic (exact) mass is 400 g/mol. The Balaban J connectivity index is 2.35. The Morgan fingerprint density at radius 2 is 1.64 bits per heavy atom. The number of rotatable bonds is 7. The molecule has 0 N–H and O–H groups in total. The van der Waals surface area contributed by atoms with Crippen molar-refractivity contribution in [2.45, 2.75) is 51.5 Å². The van der Waals surface area contributed by atoms with Gasteiger partial charge in [-0.1, -0.05) is 18.2 Å². The van der Waals surface area contributed by atoms with Crippen molar-refractivity contribution >= 4 is 12.7 Å².